The highest BCUT2D eigenvalue weighted by atomic mass is 32.1. The van der Waals surface area contributed by atoms with Crippen molar-refractivity contribution in [3.8, 4) is 10.6 Å². The Kier molecular flexibility index (Phi) is 6.03. The number of carbonyl (C=O) groups excluding carboxylic acids is 1. The van der Waals surface area contributed by atoms with Gasteiger partial charge in [0.2, 0.25) is 5.91 Å². The second-order valence-corrected chi connectivity index (χ2v) is 9.25. The second kappa shape index (κ2) is 9.24. The summed E-state index contributed by atoms with van der Waals surface area (Å²) in [5.74, 6) is 0.993. The molecule has 5 rings (SSSR count). The van der Waals surface area contributed by atoms with Gasteiger partial charge in [-0.25, -0.2) is 4.39 Å². The molecule has 0 atom stereocenters. The lowest BCUT2D eigenvalue weighted by Gasteiger charge is -2.39. The van der Waals surface area contributed by atoms with E-state index in [9.17, 15) is 9.18 Å². The van der Waals surface area contributed by atoms with Gasteiger partial charge in [0, 0.05) is 50.9 Å². The molecule has 2 aromatic heterocycles. The van der Waals surface area contributed by atoms with E-state index in [1.54, 1.807) is 23.5 Å². The zero-order valence-corrected chi connectivity index (χ0v) is 18.7. The maximum Gasteiger partial charge on any atom is 0.225 e. The van der Waals surface area contributed by atoms with Crippen LogP contribution in [0.4, 0.5) is 15.9 Å². The Bertz CT molecular complexity index is 1030. The number of anilines is 2. The van der Waals surface area contributed by atoms with Gasteiger partial charge in [-0.3, -0.25) is 4.79 Å². The zero-order valence-electron chi connectivity index (χ0n) is 17.9. The third-order valence-corrected chi connectivity index (χ3v) is 7.27. The molecule has 0 saturated carbocycles. The Labute approximate surface area is 191 Å². The van der Waals surface area contributed by atoms with E-state index in [0.29, 0.717) is 13.1 Å². The first-order valence-electron chi connectivity index (χ1n) is 11.1. The van der Waals surface area contributed by atoms with Gasteiger partial charge in [0.25, 0.3) is 0 Å². The molecule has 0 radical (unpaired) electrons. The second-order valence-electron chi connectivity index (χ2n) is 8.30. The molecule has 3 aromatic rings. The normalized spacial score (nSPS) is 17.6. The number of hydrogen-bond donors (Lipinski definition) is 0. The summed E-state index contributed by atoms with van der Waals surface area (Å²) in [6.07, 6.45) is 1.68. The minimum atomic E-state index is -0.224. The summed E-state index contributed by atoms with van der Waals surface area (Å²) >= 11 is 1.66. The molecule has 6 nitrogen and oxygen atoms in total. The Morgan fingerprint density at radius 1 is 0.875 bits per heavy atom. The fraction of sp³-hybridized carbons (Fsp3) is 0.375. The van der Waals surface area contributed by atoms with Crippen LogP contribution in [0, 0.1) is 11.7 Å². The number of carbonyl (C=O) groups is 1. The van der Waals surface area contributed by atoms with Gasteiger partial charge in [-0.05, 0) is 60.7 Å². The van der Waals surface area contributed by atoms with Crippen molar-refractivity contribution >= 4 is 28.7 Å². The third-order valence-electron chi connectivity index (χ3n) is 6.38. The van der Waals surface area contributed by atoms with Crippen LogP contribution in [0.5, 0.6) is 0 Å². The minimum absolute atomic E-state index is 0.0713. The van der Waals surface area contributed by atoms with Gasteiger partial charge >= 0.3 is 0 Å². The highest BCUT2D eigenvalue weighted by Crippen LogP contribution is 2.27. The van der Waals surface area contributed by atoms with Gasteiger partial charge in [-0.15, -0.1) is 21.5 Å². The molecule has 4 heterocycles. The lowest BCUT2D eigenvalue weighted by molar-refractivity contribution is -0.136. The monoisotopic (exact) mass is 451 g/mol. The molecule has 2 aliphatic rings. The first-order chi connectivity index (χ1) is 15.7. The van der Waals surface area contributed by atoms with Crippen molar-refractivity contribution in [3.63, 3.8) is 0 Å². The van der Waals surface area contributed by atoms with E-state index >= 15 is 0 Å². The van der Waals surface area contributed by atoms with Gasteiger partial charge < -0.3 is 14.7 Å². The molecule has 2 fully saturated rings. The number of aromatic nitrogens is 2. The smallest absolute Gasteiger partial charge is 0.225 e. The van der Waals surface area contributed by atoms with E-state index in [1.165, 1.54) is 12.1 Å². The van der Waals surface area contributed by atoms with Crippen LogP contribution in [0.1, 0.15) is 12.8 Å². The highest BCUT2D eigenvalue weighted by molar-refractivity contribution is 7.13. The van der Waals surface area contributed by atoms with E-state index in [1.807, 2.05) is 34.5 Å². The summed E-state index contributed by atoms with van der Waals surface area (Å²) in [5.41, 5.74) is 1.91. The first kappa shape index (κ1) is 20.9. The largest absolute Gasteiger partial charge is 0.368 e. The van der Waals surface area contributed by atoms with E-state index in [4.69, 9.17) is 0 Å². The Morgan fingerprint density at radius 3 is 2.25 bits per heavy atom. The molecule has 0 unspecified atom stereocenters. The Hall–Kier alpha value is -3.00. The number of benzene rings is 1. The fourth-order valence-electron chi connectivity index (χ4n) is 4.50. The predicted molar refractivity (Wildman–Crippen MR) is 125 cm³/mol. The molecule has 2 aliphatic heterocycles. The number of piperidine rings is 1. The maximum atomic E-state index is 13.2. The van der Waals surface area contributed by atoms with Crippen molar-refractivity contribution in [1.82, 2.24) is 15.1 Å². The Morgan fingerprint density at radius 2 is 1.62 bits per heavy atom. The zero-order chi connectivity index (χ0) is 21.9. The lowest BCUT2D eigenvalue weighted by atomic mass is 9.95. The summed E-state index contributed by atoms with van der Waals surface area (Å²) in [6.45, 7) is 4.63. The van der Waals surface area contributed by atoms with Gasteiger partial charge in [0.1, 0.15) is 11.5 Å². The third kappa shape index (κ3) is 4.46. The highest BCUT2D eigenvalue weighted by Gasteiger charge is 2.31. The molecule has 32 heavy (non-hydrogen) atoms. The molecule has 0 aliphatic carbocycles. The summed E-state index contributed by atoms with van der Waals surface area (Å²) in [5, 5.41) is 10.8. The molecular formula is C24H26FN5OS. The molecular weight excluding hydrogens is 425 g/mol. The molecule has 0 spiro atoms. The number of piperazine rings is 1. The van der Waals surface area contributed by atoms with Crippen LogP contribution in [-0.4, -0.2) is 60.3 Å². The number of amides is 1. The van der Waals surface area contributed by atoms with Crippen LogP contribution < -0.4 is 9.80 Å². The molecule has 166 valence electrons. The number of halogens is 1. The van der Waals surface area contributed by atoms with E-state index in [2.05, 4.69) is 20.0 Å². The van der Waals surface area contributed by atoms with Gasteiger partial charge in [-0.1, -0.05) is 6.07 Å². The summed E-state index contributed by atoms with van der Waals surface area (Å²) < 4.78 is 13.2. The van der Waals surface area contributed by atoms with Crippen LogP contribution in [0.15, 0.2) is 53.9 Å². The van der Waals surface area contributed by atoms with Crippen molar-refractivity contribution in [3.05, 3.63) is 59.7 Å². The van der Waals surface area contributed by atoms with Crippen LogP contribution in [-0.2, 0) is 4.79 Å². The SMILES string of the molecule is O=C(C1CCN(c2ccc(-c3cccs3)nn2)CC1)N1CCN(c2ccc(F)cc2)CC1. The van der Waals surface area contributed by atoms with Gasteiger partial charge in [0.15, 0.2) is 5.82 Å². The predicted octanol–water partition coefficient (Wildman–Crippen LogP) is 3.91. The fourth-order valence-corrected chi connectivity index (χ4v) is 5.19. The van der Waals surface area contributed by atoms with Crippen LogP contribution in [0.2, 0.25) is 0 Å². The number of hydrogen-bond acceptors (Lipinski definition) is 6. The average molecular weight is 452 g/mol. The molecule has 1 aromatic carbocycles. The molecule has 0 N–H and O–H groups in total. The van der Waals surface area contributed by atoms with Crippen molar-refractivity contribution in [2.45, 2.75) is 12.8 Å². The first-order valence-corrected chi connectivity index (χ1v) is 12.0. The molecule has 2 saturated heterocycles. The number of nitrogens with zero attached hydrogens (tertiary/aromatic N) is 5. The van der Waals surface area contributed by atoms with Crippen LogP contribution in [0.25, 0.3) is 10.6 Å². The van der Waals surface area contributed by atoms with E-state index in [0.717, 1.165) is 61.1 Å². The van der Waals surface area contributed by atoms with Crippen LogP contribution >= 0.6 is 11.3 Å². The lowest BCUT2D eigenvalue weighted by Crippen LogP contribution is -2.51. The number of thiophene rings is 1. The summed E-state index contributed by atoms with van der Waals surface area (Å²) in [4.78, 5) is 20.6. The van der Waals surface area contributed by atoms with Crippen molar-refractivity contribution in [2.75, 3.05) is 49.1 Å². The topological polar surface area (TPSA) is 52.6 Å². The minimum Gasteiger partial charge on any atom is -0.368 e. The standard InChI is InChI=1S/C24H26FN5OS/c25-19-3-5-20(6-4-19)28-13-15-30(16-14-28)24(31)18-9-11-29(12-10-18)23-8-7-21(26-27-23)22-2-1-17-32-22/h1-8,17-18H,9-16H2. The van der Waals surface area contributed by atoms with E-state index in [-0.39, 0.29) is 17.6 Å². The van der Waals surface area contributed by atoms with E-state index < -0.39 is 0 Å². The molecule has 0 bridgehead atoms. The van der Waals surface area contributed by atoms with Gasteiger partial charge in [0.05, 0.1) is 4.88 Å². The van der Waals surface area contributed by atoms with Crippen molar-refractivity contribution in [2.24, 2.45) is 5.92 Å². The summed E-state index contributed by atoms with van der Waals surface area (Å²) in [7, 11) is 0. The quantitative estimate of drug-likeness (QED) is 0.602. The van der Waals surface area contributed by atoms with Crippen molar-refractivity contribution < 1.29 is 9.18 Å². The number of rotatable bonds is 4. The average Bonchev–Trinajstić information content (AvgIpc) is 3.40. The maximum absolute atomic E-state index is 13.2. The molecule has 8 heteroatoms. The van der Waals surface area contributed by atoms with Crippen molar-refractivity contribution in [1.29, 1.82) is 0 Å². The molecule has 1 amide bonds. The Balaban J connectivity index is 1.12. The van der Waals surface area contributed by atoms with Gasteiger partial charge in [-0.2, -0.15) is 0 Å². The summed E-state index contributed by atoms with van der Waals surface area (Å²) in [6, 6.07) is 14.7. The van der Waals surface area contributed by atoms with Crippen LogP contribution in [0.3, 0.4) is 0 Å².